The molecule has 0 radical (unpaired) electrons. The van der Waals surface area contributed by atoms with Crippen molar-refractivity contribution in [1.82, 2.24) is 0 Å². The SMILES string of the molecule is C=CCC(C)C(=C)P1(=S)N(c2ccccc2)CCN1c1ccccc1. The maximum Gasteiger partial charge on any atom is 0.149 e. The van der Waals surface area contributed by atoms with Gasteiger partial charge < -0.3 is 9.34 Å². The number of hydrogen-bond donors (Lipinski definition) is 0. The van der Waals surface area contributed by atoms with Crippen molar-refractivity contribution >= 4 is 29.5 Å². The third-order valence-corrected chi connectivity index (χ3v) is 10.00. The summed E-state index contributed by atoms with van der Waals surface area (Å²) in [4.78, 5) is 0. The zero-order valence-corrected chi connectivity index (χ0v) is 16.4. The van der Waals surface area contributed by atoms with Crippen LogP contribution in [0.3, 0.4) is 0 Å². The molecule has 0 aliphatic carbocycles. The topological polar surface area (TPSA) is 6.48 Å². The van der Waals surface area contributed by atoms with Gasteiger partial charge in [-0.2, -0.15) is 0 Å². The molecule has 1 fully saturated rings. The van der Waals surface area contributed by atoms with Gasteiger partial charge in [0.05, 0.1) is 0 Å². The number of anilines is 2. The average Bonchev–Trinajstić information content (AvgIpc) is 3.01. The van der Waals surface area contributed by atoms with E-state index in [9.17, 15) is 0 Å². The van der Waals surface area contributed by atoms with Gasteiger partial charge in [0.15, 0.2) is 0 Å². The molecule has 0 N–H and O–H groups in total. The predicted molar refractivity (Wildman–Crippen MR) is 115 cm³/mol. The van der Waals surface area contributed by atoms with Crippen LogP contribution in [0.1, 0.15) is 13.3 Å². The summed E-state index contributed by atoms with van der Waals surface area (Å²) in [6.07, 6.45) is 0.717. The highest BCUT2D eigenvalue weighted by molar-refractivity contribution is 8.18. The van der Waals surface area contributed by atoms with Crippen LogP contribution in [0.15, 0.2) is 85.2 Å². The summed E-state index contributed by atoms with van der Waals surface area (Å²) in [7, 11) is 0. The molecule has 25 heavy (non-hydrogen) atoms. The van der Waals surface area contributed by atoms with Crippen LogP contribution in [0.5, 0.6) is 0 Å². The molecule has 2 aromatic carbocycles. The monoisotopic (exact) mass is 368 g/mol. The summed E-state index contributed by atoms with van der Waals surface area (Å²) in [5, 5.41) is 1.16. The molecule has 1 unspecified atom stereocenters. The van der Waals surface area contributed by atoms with Gasteiger partial charge in [-0.25, -0.2) is 0 Å². The van der Waals surface area contributed by atoms with Gasteiger partial charge in [-0.05, 0) is 53.7 Å². The molecule has 1 atom stereocenters. The molecular formula is C21H25N2PS. The van der Waals surface area contributed by atoms with Gasteiger partial charge in [0, 0.05) is 24.5 Å². The van der Waals surface area contributed by atoms with Gasteiger partial charge in [-0.15, -0.1) is 6.58 Å². The minimum Gasteiger partial charge on any atom is -0.323 e. The fourth-order valence-electron chi connectivity index (χ4n) is 3.35. The number of rotatable bonds is 6. The van der Waals surface area contributed by atoms with E-state index in [-0.39, 0.29) is 0 Å². The molecule has 4 heteroatoms. The highest BCUT2D eigenvalue weighted by Gasteiger charge is 2.42. The molecule has 130 valence electrons. The summed E-state index contributed by atoms with van der Waals surface area (Å²) in [5.74, 6) is 0.318. The third kappa shape index (κ3) is 3.31. The van der Waals surface area contributed by atoms with Gasteiger partial charge in [0.1, 0.15) is 6.34 Å². The Balaban J connectivity index is 2.07. The van der Waals surface area contributed by atoms with Gasteiger partial charge in [-0.1, -0.05) is 56.0 Å². The van der Waals surface area contributed by atoms with E-state index in [1.165, 1.54) is 11.4 Å². The minimum atomic E-state index is -2.15. The number of hydrogen-bond acceptors (Lipinski definition) is 1. The van der Waals surface area contributed by atoms with E-state index in [2.05, 4.69) is 78.0 Å². The molecule has 0 spiro atoms. The highest BCUT2D eigenvalue weighted by Crippen LogP contribution is 2.67. The fourth-order valence-corrected chi connectivity index (χ4v) is 8.12. The summed E-state index contributed by atoms with van der Waals surface area (Å²) < 4.78 is 4.83. The first-order valence-corrected chi connectivity index (χ1v) is 11.4. The number of benzene rings is 2. The molecule has 0 saturated carbocycles. The van der Waals surface area contributed by atoms with Gasteiger partial charge in [0.2, 0.25) is 0 Å². The molecule has 1 saturated heterocycles. The lowest BCUT2D eigenvalue weighted by atomic mass is 10.1. The van der Waals surface area contributed by atoms with E-state index < -0.39 is 6.34 Å². The van der Waals surface area contributed by atoms with E-state index in [4.69, 9.17) is 11.8 Å². The van der Waals surface area contributed by atoms with Crippen molar-refractivity contribution in [2.24, 2.45) is 5.92 Å². The first-order chi connectivity index (χ1) is 12.1. The van der Waals surface area contributed by atoms with E-state index in [1.54, 1.807) is 0 Å². The van der Waals surface area contributed by atoms with Gasteiger partial charge in [-0.3, -0.25) is 0 Å². The largest absolute Gasteiger partial charge is 0.323 e. The van der Waals surface area contributed by atoms with Crippen molar-refractivity contribution < 1.29 is 0 Å². The summed E-state index contributed by atoms with van der Waals surface area (Å²) in [5.41, 5.74) is 2.38. The van der Waals surface area contributed by atoms with Crippen LogP contribution in [0.25, 0.3) is 0 Å². The second-order valence-electron chi connectivity index (χ2n) is 6.38. The molecule has 1 aliphatic rings. The van der Waals surface area contributed by atoms with Crippen LogP contribution in [-0.4, -0.2) is 13.1 Å². The van der Waals surface area contributed by atoms with E-state index in [0.29, 0.717) is 5.92 Å². The van der Waals surface area contributed by atoms with E-state index >= 15 is 0 Å². The van der Waals surface area contributed by atoms with E-state index in [1.807, 2.05) is 18.2 Å². The third-order valence-electron chi connectivity index (χ3n) is 4.75. The Kier molecular flexibility index (Phi) is 5.46. The molecule has 2 aromatic rings. The van der Waals surface area contributed by atoms with E-state index in [0.717, 1.165) is 24.8 Å². The summed E-state index contributed by atoms with van der Waals surface area (Å²) >= 11 is 6.42. The van der Waals surface area contributed by atoms with Crippen molar-refractivity contribution in [2.45, 2.75) is 13.3 Å². The van der Waals surface area contributed by atoms with Crippen LogP contribution in [0, 0.1) is 5.92 Å². The summed E-state index contributed by atoms with van der Waals surface area (Å²) in [6.45, 7) is 12.5. The fraction of sp³-hybridized carbons (Fsp3) is 0.238. The van der Waals surface area contributed by atoms with Crippen LogP contribution in [0.2, 0.25) is 0 Å². The molecule has 0 bridgehead atoms. The van der Waals surface area contributed by atoms with Crippen molar-refractivity contribution in [1.29, 1.82) is 0 Å². The first-order valence-electron chi connectivity index (χ1n) is 8.65. The standard InChI is InChI=1S/C21H25N2PS/c1-4-11-18(2)19(3)24(25)22(20-12-7-5-8-13-20)16-17-23(24)21-14-9-6-10-15-21/h4-10,12-15,18H,1,3,11,16-17H2,2H3. The van der Waals surface area contributed by atoms with Crippen molar-refractivity contribution in [3.8, 4) is 0 Å². The summed E-state index contributed by atoms with van der Waals surface area (Å²) in [6, 6.07) is 21.0. The maximum absolute atomic E-state index is 6.42. The quantitative estimate of drug-likeness (QED) is 0.453. The normalized spacial score (nSPS) is 17.3. The number of para-hydroxylation sites is 2. The van der Waals surface area contributed by atoms with Crippen LogP contribution >= 0.6 is 6.34 Å². The zero-order valence-electron chi connectivity index (χ0n) is 14.7. The Morgan fingerprint density at radius 2 is 1.48 bits per heavy atom. The Morgan fingerprint density at radius 3 is 1.88 bits per heavy atom. The highest BCUT2D eigenvalue weighted by atomic mass is 32.4. The lowest BCUT2D eigenvalue weighted by Gasteiger charge is -2.39. The lowest BCUT2D eigenvalue weighted by molar-refractivity contribution is 0.731. The van der Waals surface area contributed by atoms with Crippen LogP contribution in [-0.2, 0) is 11.8 Å². The van der Waals surface area contributed by atoms with Crippen LogP contribution in [0.4, 0.5) is 11.4 Å². The minimum absolute atomic E-state index is 0.318. The van der Waals surface area contributed by atoms with Gasteiger partial charge in [0.25, 0.3) is 0 Å². The molecule has 3 rings (SSSR count). The molecule has 1 heterocycles. The Morgan fingerprint density at radius 1 is 1.04 bits per heavy atom. The average molecular weight is 368 g/mol. The molecule has 0 amide bonds. The number of allylic oxidation sites excluding steroid dienone is 2. The van der Waals surface area contributed by atoms with Crippen molar-refractivity contribution in [3.63, 3.8) is 0 Å². The second-order valence-corrected chi connectivity index (χ2v) is 10.5. The zero-order chi connectivity index (χ0) is 17.9. The molecule has 2 nitrogen and oxygen atoms in total. The van der Waals surface area contributed by atoms with Crippen molar-refractivity contribution in [3.05, 3.63) is 85.2 Å². The first kappa shape index (κ1) is 18.0. The Bertz CT molecular complexity index is 737. The second kappa shape index (κ2) is 7.59. The Hall–Kier alpha value is -1.83. The molecule has 0 aromatic heterocycles. The smallest absolute Gasteiger partial charge is 0.149 e. The van der Waals surface area contributed by atoms with Crippen LogP contribution < -0.4 is 9.34 Å². The Labute approximate surface area is 156 Å². The lowest BCUT2D eigenvalue weighted by Crippen LogP contribution is -2.22. The molecular weight excluding hydrogens is 343 g/mol. The van der Waals surface area contributed by atoms with Gasteiger partial charge >= 0.3 is 0 Å². The number of nitrogens with zero attached hydrogens (tertiary/aromatic N) is 2. The molecule has 1 aliphatic heterocycles. The predicted octanol–water partition coefficient (Wildman–Crippen LogP) is 6.05. The van der Waals surface area contributed by atoms with Crippen molar-refractivity contribution in [2.75, 3.05) is 22.4 Å². The maximum atomic E-state index is 6.42.